The van der Waals surface area contributed by atoms with Gasteiger partial charge in [0.2, 0.25) is 15.9 Å². The second kappa shape index (κ2) is 9.94. The lowest BCUT2D eigenvalue weighted by Gasteiger charge is -2.35. The summed E-state index contributed by atoms with van der Waals surface area (Å²) in [4.78, 5) is 27.3. The average Bonchev–Trinajstić information content (AvgIpc) is 3.47. The van der Waals surface area contributed by atoms with Crippen molar-refractivity contribution in [3.05, 3.63) is 18.6 Å². The first-order chi connectivity index (χ1) is 15.7. The van der Waals surface area contributed by atoms with E-state index in [4.69, 9.17) is 4.74 Å². The largest absolute Gasteiger partial charge is 0.367 e. The molecule has 1 aliphatic carbocycles. The van der Waals surface area contributed by atoms with Gasteiger partial charge >= 0.3 is 0 Å². The van der Waals surface area contributed by atoms with Gasteiger partial charge < -0.3 is 19.5 Å². The van der Waals surface area contributed by atoms with Crippen LogP contribution in [0.25, 0.3) is 11.0 Å². The number of ether oxygens (including phenoxy) is 1. The number of fused-ring (bicyclic) bond motifs is 1. The molecule has 10 nitrogen and oxygen atoms in total. The molecule has 0 spiro atoms. The minimum Gasteiger partial charge on any atom is -0.367 e. The molecule has 1 saturated carbocycles. The van der Waals surface area contributed by atoms with Crippen LogP contribution in [0.4, 0.5) is 5.82 Å². The van der Waals surface area contributed by atoms with E-state index >= 15 is 0 Å². The normalized spacial score (nSPS) is 24.3. The highest BCUT2D eigenvalue weighted by Crippen LogP contribution is 2.32. The van der Waals surface area contributed by atoms with E-state index in [-0.39, 0.29) is 30.3 Å². The van der Waals surface area contributed by atoms with Crippen molar-refractivity contribution in [3.63, 3.8) is 0 Å². The van der Waals surface area contributed by atoms with Gasteiger partial charge in [-0.1, -0.05) is 0 Å². The highest BCUT2D eigenvalue weighted by Gasteiger charge is 2.35. The van der Waals surface area contributed by atoms with E-state index in [1.165, 1.54) is 4.90 Å². The number of sulfonamides is 1. The predicted octanol–water partition coefficient (Wildman–Crippen LogP) is 1.46. The molecule has 3 heterocycles. The number of aromatic amines is 1. The van der Waals surface area contributed by atoms with Gasteiger partial charge in [0.05, 0.1) is 17.2 Å². The molecule has 1 amide bonds. The zero-order valence-corrected chi connectivity index (χ0v) is 20.4. The van der Waals surface area contributed by atoms with Gasteiger partial charge in [-0.25, -0.2) is 18.4 Å². The van der Waals surface area contributed by atoms with Crippen molar-refractivity contribution in [2.45, 2.75) is 44.2 Å². The second-order valence-corrected chi connectivity index (χ2v) is 11.4. The first-order valence-electron chi connectivity index (χ1n) is 11.5. The fraction of sp³-hybridized carbons (Fsp3) is 0.682. The number of carbonyl (C=O) groups excluding carboxylic acids is 1. The first-order valence-corrected chi connectivity index (χ1v) is 13.2. The van der Waals surface area contributed by atoms with Crippen LogP contribution in [0.2, 0.25) is 0 Å². The summed E-state index contributed by atoms with van der Waals surface area (Å²) in [5, 5.41) is 1.00. The maximum absolute atomic E-state index is 13.0. The van der Waals surface area contributed by atoms with Crippen molar-refractivity contribution in [1.29, 1.82) is 0 Å². The molecular formula is C22H34N6O4S. The Morgan fingerprint density at radius 1 is 1.18 bits per heavy atom. The highest BCUT2D eigenvalue weighted by atomic mass is 32.2. The molecule has 1 atom stereocenters. The Morgan fingerprint density at radius 2 is 1.94 bits per heavy atom. The summed E-state index contributed by atoms with van der Waals surface area (Å²) in [5.41, 5.74) is 0.825. The Kier molecular flexibility index (Phi) is 7.20. The van der Waals surface area contributed by atoms with Crippen LogP contribution in [0.5, 0.6) is 0 Å². The molecule has 0 radical (unpaired) electrons. The number of H-pyrrole nitrogens is 1. The number of rotatable bonds is 8. The third-order valence-electron chi connectivity index (χ3n) is 6.92. The van der Waals surface area contributed by atoms with Crippen molar-refractivity contribution in [1.82, 2.24) is 24.2 Å². The van der Waals surface area contributed by atoms with E-state index in [1.807, 2.05) is 12.3 Å². The quantitative estimate of drug-likeness (QED) is 0.611. The molecular weight excluding hydrogens is 444 g/mol. The van der Waals surface area contributed by atoms with E-state index in [1.54, 1.807) is 24.7 Å². The smallest absolute Gasteiger partial charge is 0.248 e. The number of anilines is 1. The summed E-state index contributed by atoms with van der Waals surface area (Å²) in [6.45, 7) is 0.785. The summed E-state index contributed by atoms with van der Waals surface area (Å²) >= 11 is 0. The standard InChI is InChI=1S/C22H34N6O4S/c1-26(2)20(29)13-32-18-9-11-28(12-18)33(30,31)14-16-4-6-17(7-5-16)27(3)22-19-8-10-23-21(19)24-15-25-22/h8,10,15-18H,4-7,9,11-14H2,1-3H3,(H,23,24,25)/t16?,17?,18-/m1/s1. The number of hydrogen-bond donors (Lipinski definition) is 1. The highest BCUT2D eigenvalue weighted by molar-refractivity contribution is 7.89. The summed E-state index contributed by atoms with van der Waals surface area (Å²) < 4.78 is 33.2. The van der Waals surface area contributed by atoms with Crippen molar-refractivity contribution >= 4 is 32.8 Å². The molecule has 2 aromatic rings. The van der Waals surface area contributed by atoms with Gasteiger partial charge in [-0.2, -0.15) is 4.31 Å². The zero-order valence-electron chi connectivity index (χ0n) is 19.6. The van der Waals surface area contributed by atoms with E-state index in [9.17, 15) is 13.2 Å². The van der Waals surface area contributed by atoms with E-state index in [0.717, 1.165) is 42.5 Å². The molecule has 0 bridgehead atoms. The maximum Gasteiger partial charge on any atom is 0.248 e. The second-order valence-electron chi connectivity index (χ2n) is 9.37. The number of nitrogens with zero attached hydrogens (tertiary/aromatic N) is 5. The van der Waals surface area contributed by atoms with E-state index in [2.05, 4.69) is 26.9 Å². The van der Waals surface area contributed by atoms with Crippen LogP contribution in [0.15, 0.2) is 18.6 Å². The lowest BCUT2D eigenvalue weighted by atomic mass is 9.86. The molecule has 4 rings (SSSR count). The number of carbonyl (C=O) groups is 1. The summed E-state index contributed by atoms with van der Waals surface area (Å²) in [6, 6.07) is 2.32. The van der Waals surface area contributed by atoms with Crippen LogP contribution in [0, 0.1) is 5.92 Å². The topological polar surface area (TPSA) is 112 Å². The Hall–Kier alpha value is -2.24. The van der Waals surface area contributed by atoms with Gasteiger partial charge in [-0.15, -0.1) is 0 Å². The first kappa shape index (κ1) is 23.9. The Morgan fingerprint density at radius 3 is 2.67 bits per heavy atom. The van der Waals surface area contributed by atoms with E-state index in [0.29, 0.717) is 25.6 Å². The third kappa shape index (κ3) is 5.47. The minimum absolute atomic E-state index is 0.00944. The lowest BCUT2D eigenvalue weighted by Crippen LogP contribution is -2.39. The molecule has 182 valence electrons. The van der Waals surface area contributed by atoms with Crippen LogP contribution in [0.3, 0.4) is 0 Å². The molecule has 1 N–H and O–H groups in total. The summed E-state index contributed by atoms with van der Waals surface area (Å²) in [6.07, 6.45) is 7.48. The van der Waals surface area contributed by atoms with Gasteiger partial charge in [-0.05, 0) is 44.1 Å². The number of likely N-dealkylation sites (N-methyl/N-ethyl adjacent to an activating group) is 1. The predicted molar refractivity (Wildman–Crippen MR) is 126 cm³/mol. The van der Waals surface area contributed by atoms with Gasteiger partial charge in [0.15, 0.2) is 0 Å². The fourth-order valence-electron chi connectivity index (χ4n) is 4.82. The monoisotopic (exact) mass is 478 g/mol. The number of hydrogen-bond acceptors (Lipinski definition) is 7. The van der Waals surface area contributed by atoms with E-state index < -0.39 is 10.0 Å². The van der Waals surface area contributed by atoms with Crippen molar-refractivity contribution < 1.29 is 17.9 Å². The Labute approximate surface area is 195 Å². The molecule has 0 unspecified atom stereocenters. The molecule has 11 heteroatoms. The number of amides is 1. The molecule has 2 aliphatic rings. The van der Waals surface area contributed by atoms with Gasteiger partial charge in [0, 0.05) is 46.5 Å². The zero-order chi connectivity index (χ0) is 23.6. The van der Waals surface area contributed by atoms with Gasteiger partial charge in [0.1, 0.15) is 24.4 Å². The van der Waals surface area contributed by atoms with Crippen molar-refractivity contribution in [2.24, 2.45) is 5.92 Å². The average molecular weight is 479 g/mol. The molecule has 1 saturated heterocycles. The Bertz CT molecular complexity index is 1060. The molecule has 2 aromatic heterocycles. The molecule has 33 heavy (non-hydrogen) atoms. The summed E-state index contributed by atoms with van der Waals surface area (Å²) in [5.74, 6) is 1.14. The molecule has 2 fully saturated rings. The third-order valence-corrected chi connectivity index (χ3v) is 8.93. The molecule has 0 aromatic carbocycles. The Balaban J connectivity index is 1.27. The fourth-order valence-corrected chi connectivity index (χ4v) is 6.74. The SMILES string of the molecule is CN(C)C(=O)CO[C@@H]1CCN(S(=O)(=O)CC2CCC(N(C)c3ncnc4[nH]ccc34)CC2)C1. The molecule has 1 aliphatic heterocycles. The maximum atomic E-state index is 13.0. The van der Waals surface area contributed by atoms with Crippen molar-refractivity contribution in [2.75, 3.05) is 51.5 Å². The number of aromatic nitrogens is 3. The minimum atomic E-state index is -3.34. The lowest BCUT2D eigenvalue weighted by molar-refractivity contribution is -0.135. The summed E-state index contributed by atoms with van der Waals surface area (Å²) in [7, 11) is 2.08. The van der Waals surface area contributed by atoms with Gasteiger partial charge in [0.25, 0.3) is 0 Å². The van der Waals surface area contributed by atoms with Crippen molar-refractivity contribution in [3.8, 4) is 0 Å². The van der Waals surface area contributed by atoms with Crippen LogP contribution in [-0.2, 0) is 19.6 Å². The van der Waals surface area contributed by atoms with Gasteiger partial charge in [-0.3, -0.25) is 4.79 Å². The van der Waals surface area contributed by atoms with Crippen LogP contribution >= 0.6 is 0 Å². The van der Waals surface area contributed by atoms with Crippen LogP contribution < -0.4 is 4.90 Å². The van der Waals surface area contributed by atoms with Crippen LogP contribution in [-0.4, -0.2) is 97.2 Å². The van der Waals surface area contributed by atoms with Crippen LogP contribution in [0.1, 0.15) is 32.1 Å². The number of nitrogens with one attached hydrogen (secondary N) is 1.